The Morgan fingerprint density at radius 1 is 1.41 bits per heavy atom. The molecule has 0 aliphatic carbocycles. The summed E-state index contributed by atoms with van der Waals surface area (Å²) in [4.78, 5) is 15.8. The molecule has 0 aromatic rings. The first-order valence-electron chi connectivity index (χ1n) is 4.28. The van der Waals surface area contributed by atoms with Crippen LogP contribution in [-0.4, -0.2) is 14.4 Å². The Morgan fingerprint density at radius 2 is 1.94 bits per heavy atom. The fraction of sp³-hybridized carbons (Fsp3) is 0.222. The summed E-state index contributed by atoms with van der Waals surface area (Å²) >= 11 is 11.3. The third kappa shape index (κ3) is 5.36. The van der Waals surface area contributed by atoms with E-state index in [2.05, 4.69) is 11.4 Å². The molecule has 0 amide bonds. The van der Waals surface area contributed by atoms with Crippen LogP contribution in [0.15, 0.2) is 33.7 Å². The van der Waals surface area contributed by atoms with Crippen LogP contribution in [0.4, 0.5) is 0 Å². The van der Waals surface area contributed by atoms with E-state index in [0.29, 0.717) is 0 Å². The molecule has 96 valence electrons. The van der Waals surface area contributed by atoms with Crippen LogP contribution >= 0.6 is 23.2 Å². The van der Waals surface area contributed by atoms with E-state index in [0.717, 1.165) is 6.92 Å². The number of halogens is 2. The van der Waals surface area contributed by atoms with E-state index in [-0.39, 0.29) is 10.1 Å². The largest absolute Gasteiger partial charge is 0.356 e. The topological polar surface area (TPSA) is 72.5 Å². The molecule has 0 unspecified atom stereocenters. The van der Waals surface area contributed by atoms with Gasteiger partial charge in [0.1, 0.15) is 4.91 Å². The number of carbonyl (C=O) groups excluding carboxylic acids is 1. The first-order valence-corrected chi connectivity index (χ1v) is 6.52. The van der Waals surface area contributed by atoms with E-state index < -0.39 is 20.9 Å². The SMILES string of the molecule is C=C(Cl)/C(=C(Cl)\C=C/C)S(=O)(=O)NOC(C)=O. The highest BCUT2D eigenvalue weighted by molar-refractivity contribution is 7.93. The molecule has 8 heteroatoms. The highest BCUT2D eigenvalue weighted by Gasteiger charge is 2.24. The smallest absolute Gasteiger partial charge is 0.323 e. The summed E-state index contributed by atoms with van der Waals surface area (Å²) in [7, 11) is -4.17. The highest BCUT2D eigenvalue weighted by atomic mass is 35.5. The summed E-state index contributed by atoms with van der Waals surface area (Å²) in [5.41, 5.74) is 0. The van der Waals surface area contributed by atoms with Gasteiger partial charge in [-0.3, -0.25) is 4.79 Å². The number of hydrogen-bond acceptors (Lipinski definition) is 4. The Kier molecular flexibility index (Phi) is 6.48. The second-order valence-corrected chi connectivity index (χ2v) is 5.21. The molecule has 0 aromatic carbocycles. The summed E-state index contributed by atoms with van der Waals surface area (Å²) < 4.78 is 23.4. The first kappa shape index (κ1) is 16.2. The Morgan fingerprint density at radius 3 is 2.29 bits per heavy atom. The predicted octanol–water partition coefficient (Wildman–Crippen LogP) is 2.16. The van der Waals surface area contributed by atoms with Crippen LogP contribution in [0.25, 0.3) is 0 Å². The summed E-state index contributed by atoms with van der Waals surface area (Å²) in [6.45, 7) is 5.96. The molecule has 0 aromatic heterocycles. The quantitative estimate of drug-likeness (QED) is 0.624. The Labute approximate surface area is 110 Å². The number of rotatable bonds is 5. The Hall–Kier alpha value is -0.820. The maximum Gasteiger partial charge on any atom is 0.323 e. The zero-order chi connectivity index (χ0) is 13.6. The average Bonchev–Trinajstić information content (AvgIpc) is 2.14. The fourth-order valence-corrected chi connectivity index (χ4v) is 2.71. The summed E-state index contributed by atoms with van der Waals surface area (Å²) in [5, 5.41) is -0.445. The van der Waals surface area contributed by atoms with Crippen LogP contribution in [0.5, 0.6) is 0 Å². The second kappa shape index (κ2) is 6.80. The van der Waals surface area contributed by atoms with Gasteiger partial charge in [-0.2, -0.15) is 0 Å². The molecular weight excluding hydrogens is 289 g/mol. The zero-order valence-electron chi connectivity index (χ0n) is 9.16. The van der Waals surface area contributed by atoms with Crippen molar-refractivity contribution in [1.29, 1.82) is 0 Å². The molecule has 0 saturated carbocycles. The van der Waals surface area contributed by atoms with Gasteiger partial charge >= 0.3 is 5.97 Å². The van der Waals surface area contributed by atoms with Crippen LogP contribution < -0.4 is 4.89 Å². The summed E-state index contributed by atoms with van der Waals surface area (Å²) in [6, 6.07) is 0. The van der Waals surface area contributed by atoms with Crippen molar-refractivity contribution in [1.82, 2.24) is 4.89 Å². The number of carbonyl (C=O) groups is 1. The van der Waals surface area contributed by atoms with Gasteiger partial charge in [-0.05, 0) is 17.9 Å². The lowest BCUT2D eigenvalue weighted by Gasteiger charge is -2.09. The minimum atomic E-state index is -4.17. The third-order valence-corrected chi connectivity index (χ3v) is 3.37. The van der Waals surface area contributed by atoms with Crippen LogP contribution in [0.1, 0.15) is 13.8 Å². The number of hydrogen-bond donors (Lipinski definition) is 1. The second-order valence-electron chi connectivity index (χ2n) is 2.76. The standard InChI is InChI=1S/C9H11Cl2NO4S/c1-4-5-8(11)9(6(2)10)17(14,15)12-16-7(3)13/h4-5,12H,2H2,1,3H3/b5-4-,9-8-. The van der Waals surface area contributed by atoms with Gasteiger partial charge in [0.25, 0.3) is 10.0 Å². The van der Waals surface area contributed by atoms with Gasteiger partial charge in [0.05, 0.1) is 10.1 Å². The lowest BCUT2D eigenvalue weighted by Crippen LogP contribution is -2.27. The summed E-state index contributed by atoms with van der Waals surface area (Å²) in [5.74, 6) is -0.824. The van der Waals surface area contributed by atoms with Crippen molar-refractivity contribution >= 4 is 39.2 Å². The fourth-order valence-electron chi connectivity index (χ4n) is 0.781. The van der Waals surface area contributed by atoms with Gasteiger partial charge in [0, 0.05) is 6.92 Å². The molecule has 0 aliphatic heterocycles. The van der Waals surface area contributed by atoms with Crippen LogP contribution in [0.3, 0.4) is 0 Å². The molecule has 0 fully saturated rings. The molecule has 0 rings (SSSR count). The maximum absolute atomic E-state index is 11.7. The number of nitrogens with one attached hydrogen (secondary N) is 1. The predicted molar refractivity (Wildman–Crippen MR) is 66.5 cm³/mol. The number of sulfonamides is 1. The maximum atomic E-state index is 11.7. The van der Waals surface area contributed by atoms with Crippen molar-refractivity contribution in [2.45, 2.75) is 13.8 Å². The van der Waals surface area contributed by atoms with Crippen LogP contribution in [0, 0.1) is 0 Å². The Balaban J connectivity index is 5.43. The Bertz CT molecular complexity index is 479. The van der Waals surface area contributed by atoms with Gasteiger partial charge in [-0.1, -0.05) is 35.9 Å². The van der Waals surface area contributed by atoms with Crippen LogP contribution in [0.2, 0.25) is 0 Å². The van der Waals surface area contributed by atoms with Gasteiger partial charge in [0.2, 0.25) is 0 Å². The molecule has 0 spiro atoms. The van der Waals surface area contributed by atoms with Crippen molar-refractivity contribution < 1.29 is 18.0 Å². The van der Waals surface area contributed by atoms with E-state index in [1.807, 2.05) is 0 Å². The number of allylic oxidation sites excluding steroid dienone is 4. The minimum Gasteiger partial charge on any atom is -0.356 e. The lowest BCUT2D eigenvalue weighted by molar-refractivity contribution is -0.144. The van der Waals surface area contributed by atoms with Gasteiger partial charge < -0.3 is 4.84 Å². The molecule has 5 nitrogen and oxygen atoms in total. The van der Waals surface area contributed by atoms with Crippen molar-refractivity contribution in [3.8, 4) is 0 Å². The molecule has 17 heavy (non-hydrogen) atoms. The first-order chi connectivity index (χ1) is 7.72. The van der Waals surface area contributed by atoms with Crippen molar-refractivity contribution in [3.63, 3.8) is 0 Å². The molecule has 0 bridgehead atoms. The van der Waals surface area contributed by atoms with Gasteiger partial charge in [-0.15, -0.1) is 0 Å². The highest BCUT2D eigenvalue weighted by Crippen LogP contribution is 2.25. The van der Waals surface area contributed by atoms with E-state index in [1.165, 1.54) is 12.2 Å². The van der Waals surface area contributed by atoms with E-state index in [4.69, 9.17) is 23.2 Å². The van der Waals surface area contributed by atoms with E-state index in [9.17, 15) is 13.2 Å². The third-order valence-electron chi connectivity index (χ3n) is 1.34. The van der Waals surface area contributed by atoms with Crippen molar-refractivity contribution in [2.24, 2.45) is 0 Å². The van der Waals surface area contributed by atoms with Gasteiger partial charge in [0.15, 0.2) is 0 Å². The minimum absolute atomic E-state index is 0.146. The normalized spacial score (nSPS) is 13.4. The molecule has 0 heterocycles. The molecule has 0 atom stereocenters. The lowest BCUT2D eigenvalue weighted by atomic mass is 10.4. The molecule has 1 N–H and O–H groups in total. The zero-order valence-corrected chi connectivity index (χ0v) is 11.5. The molecule has 0 radical (unpaired) electrons. The molecule has 0 saturated heterocycles. The average molecular weight is 300 g/mol. The monoisotopic (exact) mass is 299 g/mol. The van der Waals surface area contributed by atoms with Crippen molar-refractivity contribution in [2.75, 3.05) is 0 Å². The van der Waals surface area contributed by atoms with Crippen LogP contribution in [-0.2, 0) is 19.7 Å². The van der Waals surface area contributed by atoms with Gasteiger partial charge in [-0.25, -0.2) is 8.42 Å². The molecular formula is C9H11Cl2NO4S. The van der Waals surface area contributed by atoms with Crippen molar-refractivity contribution in [3.05, 3.63) is 33.7 Å². The summed E-state index contributed by atoms with van der Waals surface area (Å²) in [6.07, 6.45) is 2.83. The molecule has 0 aliphatic rings. The van der Waals surface area contributed by atoms with E-state index >= 15 is 0 Å². The van der Waals surface area contributed by atoms with E-state index in [1.54, 1.807) is 11.8 Å².